The molecule has 0 spiro atoms. The summed E-state index contributed by atoms with van der Waals surface area (Å²) in [6.45, 7) is 0. The van der Waals surface area contributed by atoms with E-state index in [1.54, 1.807) is 25.3 Å². The second-order valence-corrected chi connectivity index (χ2v) is 6.88. The lowest BCUT2D eigenvalue weighted by atomic mass is 10.1. The summed E-state index contributed by atoms with van der Waals surface area (Å²) in [5.74, 6) is 0.375. The standard InChI is InChI=1S/C17H16Cl2N4OS/c1-20-14(24)7-5-11-15(9-2-6-12(18)13(19)8-9)22-17(23-16(11)25)21-10-3-4-10/h2,5-8,10H,3-4H2,1H3,(H,20,24)(H2,21,22,23,25)/b7-5+. The molecular weight excluding hydrogens is 379 g/mol. The van der Waals surface area contributed by atoms with Crippen LogP contribution in [0.1, 0.15) is 18.4 Å². The molecule has 2 aromatic rings. The Labute approximate surface area is 160 Å². The summed E-state index contributed by atoms with van der Waals surface area (Å²) < 4.78 is 0.392. The van der Waals surface area contributed by atoms with Crippen LogP contribution < -0.4 is 10.6 Å². The Balaban J connectivity index is 2.11. The van der Waals surface area contributed by atoms with Crippen LogP contribution in [0.5, 0.6) is 0 Å². The molecule has 3 rings (SSSR count). The average Bonchev–Trinajstić information content (AvgIpc) is 3.39. The van der Waals surface area contributed by atoms with Crippen molar-refractivity contribution in [2.45, 2.75) is 18.9 Å². The lowest BCUT2D eigenvalue weighted by Gasteiger charge is -2.12. The first-order chi connectivity index (χ1) is 12.0. The van der Waals surface area contributed by atoms with Crippen LogP contribution in [0.25, 0.3) is 17.3 Å². The van der Waals surface area contributed by atoms with Crippen LogP contribution in [-0.2, 0) is 4.79 Å². The molecule has 1 saturated carbocycles. The van der Waals surface area contributed by atoms with Crippen LogP contribution in [0.4, 0.5) is 5.95 Å². The highest BCUT2D eigenvalue weighted by Gasteiger charge is 2.22. The number of benzene rings is 1. The molecule has 1 heterocycles. The SMILES string of the molecule is CNC(=O)/C=C/c1c(-c2ccc(Cl)c(Cl)c2)[nH]c(NC2CC2)nc1=S. The van der Waals surface area contributed by atoms with E-state index in [9.17, 15) is 4.79 Å². The monoisotopic (exact) mass is 394 g/mol. The second-order valence-electron chi connectivity index (χ2n) is 5.67. The Hall–Kier alpha value is -1.89. The topological polar surface area (TPSA) is 69.8 Å². The minimum absolute atomic E-state index is 0.227. The summed E-state index contributed by atoms with van der Waals surface area (Å²) in [5.41, 5.74) is 2.17. The van der Waals surface area contributed by atoms with Crippen molar-refractivity contribution >= 4 is 53.4 Å². The fourth-order valence-corrected chi connectivity index (χ4v) is 2.81. The number of amides is 1. The third-order valence-electron chi connectivity index (χ3n) is 3.73. The van der Waals surface area contributed by atoms with Gasteiger partial charge in [0.1, 0.15) is 4.64 Å². The minimum atomic E-state index is -0.227. The molecule has 1 aliphatic rings. The zero-order chi connectivity index (χ0) is 18.0. The predicted molar refractivity (Wildman–Crippen MR) is 105 cm³/mol. The van der Waals surface area contributed by atoms with Crippen molar-refractivity contribution in [1.29, 1.82) is 0 Å². The van der Waals surface area contributed by atoms with E-state index in [1.165, 1.54) is 6.08 Å². The van der Waals surface area contributed by atoms with Crippen molar-refractivity contribution in [3.63, 3.8) is 0 Å². The van der Waals surface area contributed by atoms with Crippen LogP contribution >= 0.6 is 35.4 Å². The highest BCUT2D eigenvalue weighted by Crippen LogP contribution is 2.31. The lowest BCUT2D eigenvalue weighted by molar-refractivity contribution is -0.115. The zero-order valence-corrected chi connectivity index (χ0v) is 15.7. The molecule has 1 amide bonds. The quantitative estimate of drug-likeness (QED) is 0.517. The van der Waals surface area contributed by atoms with Gasteiger partial charge >= 0.3 is 0 Å². The fraction of sp³-hybridized carbons (Fsp3) is 0.235. The number of nitrogens with zero attached hydrogens (tertiary/aromatic N) is 1. The first-order valence-corrected chi connectivity index (χ1v) is 8.90. The van der Waals surface area contributed by atoms with Gasteiger partial charge in [0.15, 0.2) is 0 Å². The molecule has 130 valence electrons. The van der Waals surface area contributed by atoms with Gasteiger partial charge in [0, 0.05) is 30.3 Å². The van der Waals surface area contributed by atoms with Crippen molar-refractivity contribution in [1.82, 2.24) is 15.3 Å². The summed E-state index contributed by atoms with van der Waals surface area (Å²) in [4.78, 5) is 19.2. The van der Waals surface area contributed by atoms with E-state index in [0.717, 1.165) is 24.1 Å². The van der Waals surface area contributed by atoms with E-state index in [-0.39, 0.29) is 5.91 Å². The molecular formula is C17H16Cl2N4OS. The van der Waals surface area contributed by atoms with Gasteiger partial charge in [-0.2, -0.15) is 0 Å². The third kappa shape index (κ3) is 4.39. The minimum Gasteiger partial charge on any atom is -0.356 e. The fourth-order valence-electron chi connectivity index (χ4n) is 2.25. The zero-order valence-electron chi connectivity index (χ0n) is 13.4. The number of hydrogen-bond donors (Lipinski definition) is 3. The van der Waals surface area contributed by atoms with Gasteiger partial charge in [-0.15, -0.1) is 0 Å². The first kappa shape index (κ1) is 17.9. The van der Waals surface area contributed by atoms with Gasteiger partial charge in [0.2, 0.25) is 11.9 Å². The molecule has 0 atom stereocenters. The predicted octanol–water partition coefficient (Wildman–Crippen LogP) is 4.45. The van der Waals surface area contributed by atoms with E-state index in [0.29, 0.717) is 32.2 Å². The molecule has 5 nitrogen and oxygen atoms in total. The van der Waals surface area contributed by atoms with Crippen molar-refractivity contribution < 1.29 is 4.79 Å². The summed E-state index contributed by atoms with van der Waals surface area (Å²) >= 11 is 17.6. The number of aromatic nitrogens is 2. The van der Waals surface area contributed by atoms with Crippen LogP contribution in [0.15, 0.2) is 24.3 Å². The number of hydrogen-bond acceptors (Lipinski definition) is 4. The maximum absolute atomic E-state index is 11.6. The highest BCUT2D eigenvalue weighted by atomic mass is 35.5. The largest absolute Gasteiger partial charge is 0.356 e. The number of carbonyl (C=O) groups excluding carboxylic acids is 1. The molecule has 25 heavy (non-hydrogen) atoms. The Morgan fingerprint density at radius 3 is 2.76 bits per heavy atom. The smallest absolute Gasteiger partial charge is 0.243 e. The third-order valence-corrected chi connectivity index (χ3v) is 4.78. The average molecular weight is 395 g/mol. The molecule has 1 aromatic heterocycles. The molecule has 0 saturated heterocycles. The van der Waals surface area contributed by atoms with Crippen LogP contribution in [0, 0.1) is 4.64 Å². The molecule has 0 bridgehead atoms. The number of H-pyrrole nitrogens is 1. The van der Waals surface area contributed by atoms with Crippen molar-refractivity contribution in [3.05, 3.63) is 44.5 Å². The van der Waals surface area contributed by atoms with E-state index >= 15 is 0 Å². The van der Waals surface area contributed by atoms with E-state index in [2.05, 4.69) is 20.6 Å². The summed E-state index contributed by atoms with van der Waals surface area (Å²) in [5, 5.41) is 6.74. The van der Waals surface area contributed by atoms with Crippen LogP contribution in [-0.4, -0.2) is 29.0 Å². The van der Waals surface area contributed by atoms with Gasteiger partial charge in [-0.05, 0) is 31.1 Å². The Morgan fingerprint density at radius 2 is 2.12 bits per heavy atom. The molecule has 0 unspecified atom stereocenters. The normalized spacial score (nSPS) is 13.9. The summed E-state index contributed by atoms with van der Waals surface area (Å²) in [7, 11) is 1.56. The Morgan fingerprint density at radius 1 is 1.36 bits per heavy atom. The summed E-state index contributed by atoms with van der Waals surface area (Å²) in [6.07, 6.45) is 5.28. The first-order valence-electron chi connectivity index (χ1n) is 7.74. The number of carbonyl (C=O) groups is 1. The van der Waals surface area contributed by atoms with E-state index in [4.69, 9.17) is 35.4 Å². The maximum atomic E-state index is 11.6. The molecule has 1 aliphatic carbocycles. The van der Waals surface area contributed by atoms with Crippen molar-refractivity contribution in [3.8, 4) is 11.3 Å². The molecule has 8 heteroatoms. The summed E-state index contributed by atoms with van der Waals surface area (Å²) in [6, 6.07) is 5.74. The molecule has 1 fully saturated rings. The number of nitrogens with one attached hydrogen (secondary N) is 3. The van der Waals surface area contributed by atoms with Gasteiger partial charge in [-0.1, -0.05) is 41.5 Å². The molecule has 0 radical (unpaired) electrons. The van der Waals surface area contributed by atoms with Gasteiger partial charge in [-0.3, -0.25) is 4.79 Å². The van der Waals surface area contributed by atoms with E-state index < -0.39 is 0 Å². The van der Waals surface area contributed by atoms with Gasteiger partial charge < -0.3 is 15.6 Å². The number of anilines is 1. The van der Waals surface area contributed by atoms with Crippen LogP contribution in [0.2, 0.25) is 10.0 Å². The second kappa shape index (κ2) is 7.56. The number of halogens is 2. The lowest BCUT2D eigenvalue weighted by Crippen LogP contribution is -2.14. The maximum Gasteiger partial charge on any atom is 0.243 e. The number of aromatic amines is 1. The number of likely N-dealkylation sites (N-methyl/N-ethyl adjacent to an activating group) is 1. The van der Waals surface area contributed by atoms with E-state index in [1.807, 2.05) is 6.07 Å². The number of rotatable bonds is 5. The van der Waals surface area contributed by atoms with Gasteiger partial charge in [-0.25, -0.2) is 4.98 Å². The Kier molecular flexibility index (Phi) is 5.42. The van der Waals surface area contributed by atoms with Gasteiger partial charge in [0.05, 0.1) is 15.7 Å². The van der Waals surface area contributed by atoms with Crippen LogP contribution in [0.3, 0.4) is 0 Å². The molecule has 0 aliphatic heterocycles. The van der Waals surface area contributed by atoms with Crippen molar-refractivity contribution in [2.24, 2.45) is 0 Å². The molecule has 3 N–H and O–H groups in total. The van der Waals surface area contributed by atoms with Gasteiger partial charge in [0.25, 0.3) is 0 Å². The Bertz CT molecular complexity index is 906. The molecule has 1 aromatic carbocycles. The van der Waals surface area contributed by atoms with Crippen molar-refractivity contribution in [2.75, 3.05) is 12.4 Å². The highest BCUT2D eigenvalue weighted by molar-refractivity contribution is 7.71.